The molecule has 0 unspecified atom stereocenters. The van der Waals surface area contributed by atoms with Crippen molar-refractivity contribution in [1.29, 1.82) is 0 Å². The number of carbonyl (C=O) groups excluding carboxylic acids is 3. The van der Waals surface area contributed by atoms with Gasteiger partial charge in [0.2, 0.25) is 0 Å². The zero-order valence-electron chi connectivity index (χ0n) is 18.3. The van der Waals surface area contributed by atoms with Crippen LogP contribution in [-0.2, 0) is 11.3 Å². The molecule has 7 nitrogen and oxygen atoms in total. The summed E-state index contributed by atoms with van der Waals surface area (Å²) < 4.78 is 28.1. The predicted molar refractivity (Wildman–Crippen MR) is 115 cm³/mol. The fraction of sp³-hybridized carbons (Fsp3) is 0.435. The van der Waals surface area contributed by atoms with E-state index in [9.17, 15) is 28.3 Å². The molecule has 0 saturated heterocycles. The second kappa shape index (κ2) is 9.60. The summed E-state index contributed by atoms with van der Waals surface area (Å²) in [6.07, 6.45) is 1.13. The molecule has 1 fully saturated rings. The van der Waals surface area contributed by atoms with Crippen molar-refractivity contribution in [2.45, 2.75) is 58.7 Å². The summed E-state index contributed by atoms with van der Waals surface area (Å²) in [5, 5.41) is 15.1. The Morgan fingerprint density at radius 1 is 1.19 bits per heavy atom. The van der Waals surface area contributed by atoms with Crippen LogP contribution in [0.4, 0.5) is 14.5 Å². The smallest absolute Gasteiger partial charge is 0.294 e. The van der Waals surface area contributed by atoms with Crippen molar-refractivity contribution in [2.24, 2.45) is 0 Å². The number of nitrogens with zero attached hydrogens (tertiary/aromatic N) is 1. The second-order valence-electron chi connectivity index (χ2n) is 8.10. The Hall–Kier alpha value is -3.07. The standard InChI is InChI=1S/C23H27F2N3O4/c1-12-11-15(7-8-16(12)25)26-22(31)19-13(2)20(28(10-9-24)14(19)3)21(30)23(32)27-17-5-4-6-18(17)29/h7-8,11,17-18,29H,4-6,9-10H2,1-3H3,(H,26,31)(H,27,32)/t17-,18-/m1/s1. The molecule has 9 heteroatoms. The number of amides is 2. The molecule has 172 valence electrons. The molecule has 1 aliphatic rings. The molecule has 1 aromatic carbocycles. The van der Waals surface area contributed by atoms with E-state index in [-0.39, 0.29) is 23.4 Å². The van der Waals surface area contributed by atoms with Crippen LogP contribution in [0.15, 0.2) is 18.2 Å². The lowest BCUT2D eigenvalue weighted by Gasteiger charge is -2.16. The molecular formula is C23H27F2N3O4. The maximum atomic E-state index is 13.5. The third-order valence-corrected chi connectivity index (χ3v) is 5.94. The molecule has 2 atom stereocenters. The van der Waals surface area contributed by atoms with E-state index < -0.39 is 42.2 Å². The number of rotatable bonds is 7. The number of aromatic nitrogens is 1. The third-order valence-electron chi connectivity index (χ3n) is 5.94. The summed E-state index contributed by atoms with van der Waals surface area (Å²) in [7, 11) is 0. The summed E-state index contributed by atoms with van der Waals surface area (Å²) in [4.78, 5) is 38.5. The van der Waals surface area contributed by atoms with Gasteiger partial charge in [-0.3, -0.25) is 14.4 Å². The van der Waals surface area contributed by atoms with Crippen molar-refractivity contribution in [3.63, 3.8) is 0 Å². The number of ketones is 1. The summed E-state index contributed by atoms with van der Waals surface area (Å²) in [6, 6.07) is 3.61. The largest absolute Gasteiger partial charge is 0.391 e. The van der Waals surface area contributed by atoms with Gasteiger partial charge >= 0.3 is 0 Å². The minimum Gasteiger partial charge on any atom is -0.391 e. The van der Waals surface area contributed by atoms with Crippen LogP contribution in [0.1, 0.15) is 56.9 Å². The number of carbonyl (C=O) groups is 3. The molecule has 3 N–H and O–H groups in total. The highest BCUT2D eigenvalue weighted by molar-refractivity contribution is 6.43. The molecule has 0 radical (unpaired) electrons. The summed E-state index contributed by atoms with van der Waals surface area (Å²) in [6.45, 7) is 3.67. The van der Waals surface area contributed by atoms with Gasteiger partial charge in [-0.1, -0.05) is 0 Å². The van der Waals surface area contributed by atoms with Crippen molar-refractivity contribution in [3.8, 4) is 0 Å². The number of halogens is 2. The number of aliphatic hydroxyl groups excluding tert-OH is 1. The van der Waals surface area contributed by atoms with Crippen LogP contribution in [0, 0.1) is 26.6 Å². The highest BCUT2D eigenvalue weighted by Crippen LogP contribution is 2.25. The first-order valence-electron chi connectivity index (χ1n) is 10.5. The molecule has 2 amide bonds. The van der Waals surface area contributed by atoms with Crippen LogP contribution in [0.2, 0.25) is 0 Å². The van der Waals surface area contributed by atoms with Crippen molar-refractivity contribution in [1.82, 2.24) is 9.88 Å². The molecule has 1 saturated carbocycles. The van der Waals surface area contributed by atoms with Gasteiger partial charge in [0.25, 0.3) is 17.6 Å². The third kappa shape index (κ3) is 4.57. The van der Waals surface area contributed by atoms with Gasteiger partial charge in [-0.2, -0.15) is 0 Å². The maximum Gasteiger partial charge on any atom is 0.294 e. The van der Waals surface area contributed by atoms with E-state index >= 15 is 0 Å². The topological polar surface area (TPSA) is 100 Å². The van der Waals surface area contributed by atoms with Crippen molar-refractivity contribution < 1.29 is 28.3 Å². The Morgan fingerprint density at radius 3 is 2.50 bits per heavy atom. The summed E-state index contributed by atoms with van der Waals surface area (Å²) in [5.74, 6) is -2.76. The average Bonchev–Trinajstić information content (AvgIpc) is 3.24. The van der Waals surface area contributed by atoms with E-state index in [1.807, 2.05) is 0 Å². The van der Waals surface area contributed by atoms with Crippen LogP contribution in [0.25, 0.3) is 0 Å². The predicted octanol–water partition coefficient (Wildman–Crippen LogP) is 2.99. The number of hydrogen-bond donors (Lipinski definition) is 3. The lowest BCUT2D eigenvalue weighted by Crippen LogP contribution is -2.43. The number of anilines is 1. The number of alkyl halides is 1. The Labute approximate surface area is 184 Å². The van der Waals surface area contributed by atoms with Crippen LogP contribution in [0.3, 0.4) is 0 Å². The Kier molecular flexibility index (Phi) is 7.08. The number of hydrogen-bond acceptors (Lipinski definition) is 4. The molecule has 0 spiro atoms. The second-order valence-corrected chi connectivity index (χ2v) is 8.10. The molecule has 1 heterocycles. The molecule has 0 aliphatic heterocycles. The fourth-order valence-electron chi connectivity index (χ4n) is 4.25. The minimum atomic E-state index is -0.905. The lowest BCUT2D eigenvalue weighted by molar-refractivity contribution is -0.118. The van der Waals surface area contributed by atoms with Gasteiger partial charge in [-0.25, -0.2) is 8.78 Å². The van der Waals surface area contributed by atoms with E-state index in [0.717, 1.165) is 6.42 Å². The number of aryl methyl sites for hydroxylation is 1. The number of nitrogens with one attached hydrogen (secondary N) is 2. The summed E-state index contributed by atoms with van der Waals surface area (Å²) >= 11 is 0. The minimum absolute atomic E-state index is 0.0643. The zero-order valence-corrected chi connectivity index (χ0v) is 18.3. The van der Waals surface area contributed by atoms with E-state index in [0.29, 0.717) is 29.8 Å². The van der Waals surface area contributed by atoms with Crippen molar-refractivity contribution >= 4 is 23.3 Å². The molecule has 1 aliphatic carbocycles. The molecule has 32 heavy (non-hydrogen) atoms. The number of Topliss-reactive ketones (excluding diaryl/α,β-unsaturated/α-hetero) is 1. The van der Waals surface area contributed by atoms with Crippen LogP contribution in [0.5, 0.6) is 0 Å². The fourth-order valence-corrected chi connectivity index (χ4v) is 4.25. The first kappa shape index (κ1) is 23.6. The maximum absolute atomic E-state index is 13.5. The van der Waals surface area contributed by atoms with Crippen LogP contribution >= 0.6 is 0 Å². The molecule has 0 bridgehead atoms. The quantitative estimate of drug-likeness (QED) is 0.449. The highest BCUT2D eigenvalue weighted by Gasteiger charge is 2.33. The van der Waals surface area contributed by atoms with Gasteiger partial charge in [0.15, 0.2) is 0 Å². The highest BCUT2D eigenvalue weighted by atomic mass is 19.1. The molecular weight excluding hydrogens is 420 g/mol. The van der Waals surface area contributed by atoms with Gasteiger partial charge in [0, 0.05) is 11.4 Å². The van der Waals surface area contributed by atoms with Crippen LogP contribution in [-0.4, -0.2) is 46.1 Å². The SMILES string of the molecule is Cc1cc(NC(=O)c2c(C)c(C(=O)C(=O)N[C@@H]3CCC[C@H]3O)n(CCF)c2C)ccc1F. The van der Waals surface area contributed by atoms with Crippen LogP contribution < -0.4 is 10.6 Å². The monoisotopic (exact) mass is 447 g/mol. The number of aliphatic hydroxyl groups is 1. The van der Waals surface area contributed by atoms with Gasteiger partial charge < -0.3 is 20.3 Å². The summed E-state index contributed by atoms with van der Waals surface area (Å²) in [5.41, 5.74) is 1.40. The van der Waals surface area contributed by atoms with Gasteiger partial charge in [-0.05, 0) is 69.4 Å². The first-order valence-corrected chi connectivity index (χ1v) is 10.5. The van der Waals surface area contributed by atoms with Crippen molar-refractivity contribution in [3.05, 3.63) is 52.1 Å². The average molecular weight is 447 g/mol. The Balaban J connectivity index is 1.92. The molecule has 3 rings (SSSR count). The van der Waals surface area contributed by atoms with Gasteiger partial charge in [0.1, 0.15) is 12.5 Å². The Morgan fingerprint density at radius 2 is 1.91 bits per heavy atom. The Bertz CT molecular complexity index is 1060. The lowest BCUT2D eigenvalue weighted by atomic mass is 10.1. The van der Waals surface area contributed by atoms with E-state index in [1.165, 1.54) is 29.7 Å². The molecule has 2 aromatic rings. The van der Waals surface area contributed by atoms with E-state index in [2.05, 4.69) is 10.6 Å². The van der Waals surface area contributed by atoms with E-state index in [4.69, 9.17) is 0 Å². The van der Waals surface area contributed by atoms with Gasteiger partial charge in [0.05, 0.1) is 29.9 Å². The zero-order chi connectivity index (χ0) is 23.6. The van der Waals surface area contributed by atoms with Crippen molar-refractivity contribution in [2.75, 3.05) is 12.0 Å². The van der Waals surface area contributed by atoms with Gasteiger partial charge in [-0.15, -0.1) is 0 Å². The first-order chi connectivity index (χ1) is 15.1. The van der Waals surface area contributed by atoms with E-state index in [1.54, 1.807) is 13.8 Å². The molecule has 1 aromatic heterocycles. The number of benzene rings is 1. The normalized spacial score (nSPS) is 17.9.